The Morgan fingerprint density at radius 1 is 0.850 bits per heavy atom. The molecule has 3 N–H and O–H groups in total. The van der Waals surface area contributed by atoms with Crippen molar-refractivity contribution in [3.8, 4) is 0 Å². The van der Waals surface area contributed by atoms with Gasteiger partial charge in [0.1, 0.15) is 0 Å². The third-order valence-corrected chi connectivity index (χ3v) is 8.19. The highest BCUT2D eigenvalue weighted by Crippen LogP contribution is 2.23. The van der Waals surface area contributed by atoms with E-state index in [4.69, 9.17) is 0 Å². The fourth-order valence-corrected chi connectivity index (χ4v) is 6.11. The standard InChI is InChI=1S/C30H37N3O6S/c1-22(2)19-32(40(38,39)27-16-14-26(15-17-27)31-23(3)34)21-29(35)28(18-24-10-6-4-7-11-24)33(30(36)37)20-25-12-8-5-9-13-25/h4-17,22,28-29,35H,18-21H2,1-3H3,(H,31,34)(H,36,37)/t28?,29-/m1/s1. The first-order chi connectivity index (χ1) is 19.0. The number of rotatable bonds is 13. The minimum absolute atomic E-state index is 0.00781. The van der Waals surface area contributed by atoms with Gasteiger partial charge in [-0.25, -0.2) is 13.2 Å². The SMILES string of the molecule is CC(=O)Nc1ccc(S(=O)(=O)N(CC(C)C)C[C@@H](O)C(Cc2ccccc2)N(Cc2ccccc2)C(=O)O)cc1. The second-order valence-electron chi connectivity index (χ2n) is 10.1. The van der Waals surface area contributed by atoms with E-state index in [1.807, 2.05) is 74.5 Å². The van der Waals surface area contributed by atoms with E-state index in [0.717, 1.165) is 11.1 Å². The average Bonchev–Trinajstić information content (AvgIpc) is 2.91. The fourth-order valence-electron chi connectivity index (χ4n) is 4.49. The summed E-state index contributed by atoms with van der Waals surface area (Å²) >= 11 is 0. The molecule has 10 heteroatoms. The van der Waals surface area contributed by atoms with Crippen molar-refractivity contribution in [2.45, 2.75) is 50.8 Å². The summed E-state index contributed by atoms with van der Waals surface area (Å²) < 4.78 is 28.6. The van der Waals surface area contributed by atoms with E-state index in [9.17, 15) is 28.2 Å². The number of aliphatic hydroxyl groups is 1. The van der Waals surface area contributed by atoms with Gasteiger partial charge in [0.15, 0.2) is 0 Å². The van der Waals surface area contributed by atoms with Crippen molar-refractivity contribution >= 4 is 27.7 Å². The molecule has 0 spiro atoms. The number of amides is 2. The lowest BCUT2D eigenvalue weighted by Crippen LogP contribution is -2.52. The van der Waals surface area contributed by atoms with E-state index in [-0.39, 0.29) is 42.8 Å². The molecule has 0 radical (unpaired) electrons. The Balaban J connectivity index is 1.95. The Bertz CT molecular complexity index is 1350. The zero-order valence-corrected chi connectivity index (χ0v) is 23.8. The molecular formula is C30H37N3O6S. The summed E-state index contributed by atoms with van der Waals surface area (Å²) in [5.74, 6) is -0.337. The molecule has 2 atom stereocenters. The summed E-state index contributed by atoms with van der Waals surface area (Å²) in [5.41, 5.74) is 2.03. The minimum Gasteiger partial charge on any atom is -0.465 e. The average molecular weight is 568 g/mol. The smallest absolute Gasteiger partial charge is 0.407 e. The Hall–Kier alpha value is -3.73. The summed E-state index contributed by atoms with van der Waals surface area (Å²) in [4.78, 5) is 25.0. The number of nitrogens with zero attached hydrogens (tertiary/aromatic N) is 2. The van der Waals surface area contributed by atoms with Crippen LogP contribution in [0.1, 0.15) is 31.9 Å². The molecule has 214 valence electrons. The number of sulfonamides is 1. The molecule has 3 rings (SSSR count). The number of carbonyl (C=O) groups excluding carboxylic acids is 1. The fraction of sp³-hybridized carbons (Fsp3) is 0.333. The monoisotopic (exact) mass is 567 g/mol. The van der Waals surface area contributed by atoms with Crippen molar-refractivity contribution in [2.24, 2.45) is 5.92 Å². The van der Waals surface area contributed by atoms with Gasteiger partial charge < -0.3 is 15.5 Å². The third-order valence-electron chi connectivity index (χ3n) is 6.35. The third kappa shape index (κ3) is 8.64. The lowest BCUT2D eigenvalue weighted by Gasteiger charge is -2.36. The van der Waals surface area contributed by atoms with Crippen LogP contribution in [0.15, 0.2) is 89.8 Å². The van der Waals surface area contributed by atoms with Gasteiger partial charge in [0.25, 0.3) is 0 Å². The van der Waals surface area contributed by atoms with Crippen molar-refractivity contribution in [3.63, 3.8) is 0 Å². The van der Waals surface area contributed by atoms with Gasteiger partial charge in [0, 0.05) is 32.2 Å². The molecule has 9 nitrogen and oxygen atoms in total. The summed E-state index contributed by atoms with van der Waals surface area (Å²) in [6.07, 6.45) is -2.34. The maximum absolute atomic E-state index is 13.7. The van der Waals surface area contributed by atoms with E-state index in [1.54, 1.807) is 0 Å². The highest BCUT2D eigenvalue weighted by Gasteiger charge is 2.35. The lowest BCUT2D eigenvalue weighted by atomic mass is 9.98. The molecule has 0 aromatic heterocycles. The van der Waals surface area contributed by atoms with Crippen molar-refractivity contribution < 1.29 is 28.2 Å². The number of benzene rings is 3. The highest BCUT2D eigenvalue weighted by molar-refractivity contribution is 7.89. The molecule has 0 saturated carbocycles. The maximum atomic E-state index is 13.7. The molecular weight excluding hydrogens is 530 g/mol. The minimum atomic E-state index is -4.05. The van der Waals surface area contributed by atoms with Crippen molar-refractivity contribution in [1.82, 2.24) is 9.21 Å². The second kappa shape index (κ2) is 14.1. The molecule has 3 aromatic carbocycles. The van der Waals surface area contributed by atoms with Crippen LogP contribution < -0.4 is 5.32 Å². The normalized spacial score (nSPS) is 13.2. The number of carbonyl (C=O) groups is 2. The molecule has 0 fully saturated rings. The Morgan fingerprint density at radius 3 is 1.90 bits per heavy atom. The molecule has 1 unspecified atom stereocenters. The first kappa shape index (κ1) is 30.8. The Morgan fingerprint density at radius 2 is 1.40 bits per heavy atom. The molecule has 0 aliphatic carbocycles. The first-order valence-electron chi connectivity index (χ1n) is 13.1. The number of anilines is 1. The summed E-state index contributed by atoms with van der Waals surface area (Å²) in [6, 6.07) is 23.2. The van der Waals surface area contributed by atoms with Crippen LogP contribution in [0.25, 0.3) is 0 Å². The first-order valence-corrected chi connectivity index (χ1v) is 14.5. The maximum Gasteiger partial charge on any atom is 0.407 e. The van der Waals surface area contributed by atoms with Crippen LogP contribution in [0.3, 0.4) is 0 Å². The van der Waals surface area contributed by atoms with Crippen LogP contribution >= 0.6 is 0 Å². The molecule has 0 heterocycles. The second-order valence-corrected chi connectivity index (χ2v) is 12.1. The predicted molar refractivity (Wildman–Crippen MR) is 154 cm³/mol. The molecule has 2 amide bonds. The number of hydrogen-bond acceptors (Lipinski definition) is 5. The number of hydrogen-bond donors (Lipinski definition) is 3. The highest BCUT2D eigenvalue weighted by atomic mass is 32.2. The number of aliphatic hydroxyl groups excluding tert-OH is 1. The zero-order valence-electron chi connectivity index (χ0n) is 23.0. The van der Waals surface area contributed by atoms with Crippen molar-refractivity contribution in [1.29, 1.82) is 0 Å². The van der Waals surface area contributed by atoms with E-state index >= 15 is 0 Å². The largest absolute Gasteiger partial charge is 0.465 e. The zero-order chi connectivity index (χ0) is 29.3. The van der Waals surface area contributed by atoms with Crippen LogP contribution in [-0.4, -0.2) is 65.1 Å². The van der Waals surface area contributed by atoms with Gasteiger partial charge in [-0.2, -0.15) is 4.31 Å². The van der Waals surface area contributed by atoms with Crippen LogP contribution in [0.5, 0.6) is 0 Å². The van der Waals surface area contributed by atoms with Gasteiger partial charge in [0.05, 0.1) is 17.0 Å². The molecule has 0 bridgehead atoms. The van der Waals surface area contributed by atoms with E-state index in [2.05, 4.69) is 5.32 Å². The van der Waals surface area contributed by atoms with E-state index in [0.29, 0.717) is 5.69 Å². The number of carboxylic acid groups (broad SMARTS) is 1. The van der Waals surface area contributed by atoms with Gasteiger partial charge in [0.2, 0.25) is 15.9 Å². The predicted octanol–water partition coefficient (Wildman–Crippen LogP) is 4.44. The van der Waals surface area contributed by atoms with Crippen LogP contribution in [0.4, 0.5) is 10.5 Å². The molecule has 40 heavy (non-hydrogen) atoms. The quantitative estimate of drug-likeness (QED) is 0.280. The van der Waals surface area contributed by atoms with Gasteiger partial charge in [-0.1, -0.05) is 74.5 Å². The Labute approximate surface area is 236 Å². The van der Waals surface area contributed by atoms with E-state index < -0.39 is 28.3 Å². The van der Waals surface area contributed by atoms with Crippen LogP contribution in [0.2, 0.25) is 0 Å². The van der Waals surface area contributed by atoms with Gasteiger partial charge in [-0.15, -0.1) is 0 Å². The molecule has 0 aliphatic rings. The van der Waals surface area contributed by atoms with Crippen molar-refractivity contribution in [3.05, 3.63) is 96.1 Å². The molecule has 0 saturated heterocycles. The van der Waals surface area contributed by atoms with Gasteiger partial charge in [-0.05, 0) is 47.7 Å². The summed E-state index contributed by atoms with van der Waals surface area (Å²) in [7, 11) is -4.05. The molecule has 3 aromatic rings. The van der Waals surface area contributed by atoms with Crippen molar-refractivity contribution in [2.75, 3.05) is 18.4 Å². The van der Waals surface area contributed by atoms with Crippen LogP contribution in [0, 0.1) is 5.92 Å². The van der Waals surface area contributed by atoms with Gasteiger partial charge >= 0.3 is 6.09 Å². The summed E-state index contributed by atoms with van der Waals surface area (Å²) in [6.45, 7) is 4.96. The number of nitrogens with one attached hydrogen (secondary N) is 1. The topological polar surface area (TPSA) is 127 Å². The van der Waals surface area contributed by atoms with E-state index in [1.165, 1.54) is 40.4 Å². The van der Waals surface area contributed by atoms with Gasteiger partial charge in [-0.3, -0.25) is 9.69 Å². The molecule has 0 aliphatic heterocycles. The lowest BCUT2D eigenvalue weighted by molar-refractivity contribution is -0.114. The Kier molecular flexibility index (Phi) is 10.8. The van der Waals surface area contributed by atoms with Crippen LogP contribution in [-0.2, 0) is 27.8 Å². The summed E-state index contributed by atoms with van der Waals surface area (Å²) in [5, 5.41) is 24.3.